The fourth-order valence-electron chi connectivity index (χ4n) is 2.36. The number of carbonyl (C=O) groups is 1. The second-order valence-corrected chi connectivity index (χ2v) is 4.07. The lowest BCUT2D eigenvalue weighted by molar-refractivity contribution is -0.142. The van der Waals surface area contributed by atoms with E-state index < -0.39 is 5.97 Å². The zero-order valence-corrected chi connectivity index (χ0v) is 8.76. The minimum Gasteiger partial charge on any atom is -0.480 e. The molecule has 1 aromatic carbocycles. The van der Waals surface area contributed by atoms with Crippen LogP contribution in [0.5, 0.6) is 0 Å². The lowest BCUT2D eigenvalue weighted by Gasteiger charge is -2.20. The Morgan fingerprint density at radius 1 is 1.40 bits per heavy atom. The van der Waals surface area contributed by atoms with E-state index in [-0.39, 0.29) is 12.0 Å². The highest BCUT2D eigenvalue weighted by Gasteiger charge is 2.37. The van der Waals surface area contributed by atoms with Crippen LogP contribution >= 0.6 is 0 Å². The summed E-state index contributed by atoms with van der Waals surface area (Å²) in [7, 11) is 1.88. The Morgan fingerprint density at radius 2 is 2.07 bits per heavy atom. The maximum atomic E-state index is 11.2. The number of likely N-dealkylation sites (tertiary alicyclic amines) is 1. The Morgan fingerprint density at radius 3 is 2.67 bits per heavy atom. The van der Waals surface area contributed by atoms with Gasteiger partial charge in [-0.05, 0) is 25.6 Å². The molecule has 0 radical (unpaired) electrons. The monoisotopic (exact) mass is 205 g/mol. The van der Waals surface area contributed by atoms with Gasteiger partial charge in [-0.3, -0.25) is 9.69 Å². The second kappa shape index (κ2) is 4.03. The van der Waals surface area contributed by atoms with Crippen molar-refractivity contribution in [3.05, 3.63) is 35.9 Å². The smallest absolute Gasteiger partial charge is 0.321 e. The van der Waals surface area contributed by atoms with Crippen LogP contribution in [0.25, 0.3) is 0 Å². The lowest BCUT2D eigenvalue weighted by Crippen LogP contribution is -2.36. The summed E-state index contributed by atoms with van der Waals surface area (Å²) in [5.74, 6) is -0.586. The van der Waals surface area contributed by atoms with Gasteiger partial charge in [-0.1, -0.05) is 30.3 Å². The first-order valence-electron chi connectivity index (χ1n) is 5.18. The van der Waals surface area contributed by atoms with Crippen LogP contribution in [-0.4, -0.2) is 35.6 Å². The van der Waals surface area contributed by atoms with E-state index in [9.17, 15) is 9.90 Å². The van der Waals surface area contributed by atoms with E-state index in [0.29, 0.717) is 0 Å². The molecule has 3 nitrogen and oxygen atoms in total. The number of aliphatic carboxylic acids is 1. The Hall–Kier alpha value is -1.35. The third kappa shape index (κ3) is 1.88. The SMILES string of the molecule is CN1CC[C@@H](c2ccccc2)[C@H]1C(=O)O. The summed E-state index contributed by atoms with van der Waals surface area (Å²) in [4.78, 5) is 13.1. The topological polar surface area (TPSA) is 40.5 Å². The zero-order chi connectivity index (χ0) is 10.8. The van der Waals surface area contributed by atoms with Crippen LogP contribution in [-0.2, 0) is 4.79 Å². The third-order valence-corrected chi connectivity index (χ3v) is 3.13. The van der Waals surface area contributed by atoms with E-state index in [2.05, 4.69) is 0 Å². The molecule has 80 valence electrons. The van der Waals surface area contributed by atoms with Crippen molar-refractivity contribution in [1.82, 2.24) is 4.90 Å². The molecule has 1 aliphatic heterocycles. The summed E-state index contributed by atoms with van der Waals surface area (Å²) in [6.45, 7) is 0.858. The number of hydrogen-bond acceptors (Lipinski definition) is 2. The molecule has 1 fully saturated rings. The number of nitrogens with zero attached hydrogens (tertiary/aromatic N) is 1. The van der Waals surface area contributed by atoms with Crippen molar-refractivity contribution < 1.29 is 9.90 Å². The first kappa shape index (κ1) is 10.2. The van der Waals surface area contributed by atoms with Crippen LogP contribution in [0.15, 0.2) is 30.3 Å². The van der Waals surface area contributed by atoms with Gasteiger partial charge in [-0.15, -0.1) is 0 Å². The highest BCUT2D eigenvalue weighted by Crippen LogP contribution is 2.32. The molecular formula is C12H15NO2. The number of likely N-dealkylation sites (N-methyl/N-ethyl adjacent to an activating group) is 1. The van der Waals surface area contributed by atoms with Crippen LogP contribution in [0.1, 0.15) is 17.9 Å². The molecule has 1 saturated heterocycles. The normalized spacial score (nSPS) is 26.7. The summed E-state index contributed by atoms with van der Waals surface area (Å²) in [5.41, 5.74) is 1.13. The van der Waals surface area contributed by atoms with Crippen LogP contribution in [0, 0.1) is 0 Å². The second-order valence-electron chi connectivity index (χ2n) is 4.07. The van der Waals surface area contributed by atoms with Crippen molar-refractivity contribution in [2.45, 2.75) is 18.4 Å². The van der Waals surface area contributed by atoms with E-state index in [4.69, 9.17) is 0 Å². The van der Waals surface area contributed by atoms with Crippen molar-refractivity contribution in [3.8, 4) is 0 Å². The van der Waals surface area contributed by atoms with Gasteiger partial charge < -0.3 is 5.11 Å². The predicted octanol–water partition coefficient (Wildman–Crippen LogP) is 1.56. The standard InChI is InChI=1S/C12H15NO2/c1-13-8-7-10(11(13)12(14)15)9-5-3-2-4-6-9/h2-6,10-11H,7-8H2,1H3,(H,14,15)/t10-,11-/m0/s1. The van der Waals surface area contributed by atoms with Crippen molar-refractivity contribution in [2.75, 3.05) is 13.6 Å². The molecule has 1 aromatic rings. The Labute approximate surface area is 89.3 Å². The number of hydrogen-bond donors (Lipinski definition) is 1. The van der Waals surface area contributed by atoms with Gasteiger partial charge in [0, 0.05) is 5.92 Å². The molecule has 2 rings (SSSR count). The largest absolute Gasteiger partial charge is 0.480 e. The summed E-state index contributed by atoms with van der Waals surface area (Å²) in [6.07, 6.45) is 0.928. The molecule has 0 saturated carbocycles. The Bertz CT molecular complexity index is 350. The van der Waals surface area contributed by atoms with Crippen molar-refractivity contribution >= 4 is 5.97 Å². The fourth-order valence-corrected chi connectivity index (χ4v) is 2.36. The first-order chi connectivity index (χ1) is 7.20. The molecule has 1 heterocycles. The van der Waals surface area contributed by atoms with Gasteiger partial charge in [0.15, 0.2) is 0 Å². The molecule has 0 unspecified atom stereocenters. The fraction of sp³-hybridized carbons (Fsp3) is 0.417. The lowest BCUT2D eigenvalue weighted by atomic mass is 9.92. The molecule has 0 amide bonds. The van der Waals surface area contributed by atoms with E-state index in [0.717, 1.165) is 18.5 Å². The Balaban J connectivity index is 2.26. The molecule has 0 spiro atoms. The quantitative estimate of drug-likeness (QED) is 0.796. The molecule has 0 aliphatic carbocycles. The van der Waals surface area contributed by atoms with E-state index in [1.54, 1.807) is 0 Å². The molecule has 1 aliphatic rings. The molecule has 2 atom stereocenters. The minimum atomic E-state index is -0.719. The van der Waals surface area contributed by atoms with Gasteiger partial charge in [0.2, 0.25) is 0 Å². The van der Waals surface area contributed by atoms with E-state index >= 15 is 0 Å². The first-order valence-corrected chi connectivity index (χ1v) is 5.18. The number of carboxylic acids is 1. The Kier molecular flexibility index (Phi) is 2.73. The van der Waals surface area contributed by atoms with Gasteiger partial charge in [-0.25, -0.2) is 0 Å². The van der Waals surface area contributed by atoms with Crippen LogP contribution in [0.2, 0.25) is 0 Å². The summed E-state index contributed by atoms with van der Waals surface area (Å²) < 4.78 is 0. The minimum absolute atomic E-state index is 0.133. The maximum Gasteiger partial charge on any atom is 0.321 e. The number of benzene rings is 1. The van der Waals surface area contributed by atoms with Crippen LogP contribution in [0.4, 0.5) is 0 Å². The van der Waals surface area contributed by atoms with Crippen molar-refractivity contribution in [1.29, 1.82) is 0 Å². The molecular weight excluding hydrogens is 190 g/mol. The highest BCUT2D eigenvalue weighted by atomic mass is 16.4. The zero-order valence-electron chi connectivity index (χ0n) is 8.76. The van der Waals surface area contributed by atoms with Gasteiger partial charge in [-0.2, -0.15) is 0 Å². The van der Waals surface area contributed by atoms with Gasteiger partial charge >= 0.3 is 5.97 Å². The summed E-state index contributed by atoms with van der Waals surface area (Å²) in [5, 5.41) is 9.17. The summed E-state index contributed by atoms with van der Waals surface area (Å²) >= 11 is 0. The molecule has 1 N–H and O–H groups in total. The number of carboxylic acid groups (broad SMARTS) is 1. The molecule has 15 heavy (non-hydrogen) atoms. The molecule has 3 heteroatoms. The summed E-state index contributed by atoms with van der Waals surface area (Å²) in [6, 6.07) is 9.55. The van der Waals surface area contributed by atoms with Crippen molar-refractivity contribution in [3.63, 3.8) is 0 Å². The van der Waals surface area contributed by atoms with Crippen LogP contribution < -0.4 is 0 Å². The third-order valence-electron chi connectivity index (χ3n) is 3.13. The van der Waals surface area contributed by atoms with Gasteiger partial charge in [0.05, 0.1) is 0 Å². The predicted molar refractivity (Wildman–Crippen MR) is 57.9 cm³/mol. The maximum absolute atomic E-state index is 11.2. The van der Waals surface area contributed by atoms with Gasteiger partial charge in [0.25, 0.3) is 0 Å². The highest BCUT2D eigenvalue weighted by molar-refractivity contribution is 5.75. The van der Waals surface area contributed by atoms with Crippen LogP contribution in [0.3, 0.4) is 0 Å². The average molecular weight is 205 g/mol. The van der Waals surface area contributed by atoms with Gasteiger partial charge in [0.1, 0.15) is 6.04 Å². The van der Waals surface area contributed by atoms with E-state index in [1.807, 2.05) is 42.3 Å². The molecule has 0 bridgehead atoms. The number of rotatable bonds is 2. The molecule has 0 aromatic heterocycles. The van der Waals surface area contributed by atoms with Crippen molar-refractivity contribution in [2.24, 2.45) is 0 Å². The average Bonchev–Trinajstić information content (AvgIpc) is 2.61. The van der Waals surface area contributed by atoms with E-state index in [1.165, 1.54) is 0 Å².